The second kappa shape index (κ2) is 7.88. The summed E-state index contributed by atoms with van der Waals surface area (Å²) < 4.78 is 7.52. The Morgan fingerprint density at radius 2 is 1.78 bits per heavy atom. The summed E-state index contributed by atoms with van der Waals surface area (Å²) in [5.74, 6) is -0.609. The van der Waals surface area contributed by atoms with Crippen molar-refractivity contribution >= 4 is 33.4 Å². The van der Waals surface area contributed by atoms with E-state index >= 15 is 0 Å². The van der Waals surface area contributed by atoms with E-state index in [1.165, 1.54) is 18.4 Å². The third kappa shape index (κ3) is 4.34. The maximum atomic E-state index is 12.6. The summed E-state index contributed by atoms with van der Waals surface area (Å²) in [4.78, 5) is 29.2. The Morgan fingerprint density at radius 1 is 1.07 bits per heavy atom. The Kier molecular flexibility index (Phi) is 5.56. The molecule has 6 heteroatoms. The van der Waals surface area contributed by atoms with Crippen molar-refractivity contribution in [2.45, 2.75) is 33.7 Å². The molecule has 27 heavy (non-hydrogen) atoms. The van der Waals surface area contributed by atoms with Crippen molar-refractivity contribution < 1.29 is 14.3 Å². The first-order chi connectivity index (χ1) is 12.9. The highest BCUT2D eigenvalue weighted by atomic mass is 32.1. The van der Waals surface area contributed by atoms with Crippen LogP contribution in [0.15, 0.2) is 41.4 Å². The molecule has 1 heterocycles. The van der Waals surface area contributed by atoms with Gasteiger partial charge >= 0.3 is 5.97 Å². The molecule has 1 amide bonds. The molecule has 0 N–H and O–H groups in total. The first-order valence-electron chi connectivity index (χ1n) is 8.68. The fourth-order valence-corrected chi connectivity index (χ4v) is 4.11. The lowest BCUT2D eigenvalue weighted by Gasteiger charge is -2.05. The number of hydrogen-bond donors (Lipinski definition) is 0. The van der Waals surface area contributed by atoms with E-state index in [-0.39, 0.29) is 24.8 Å². The van der Waals surface area contributed by atoms with Crippen LogP contribution in [-0.4, -0.2) is 23.6 Å². The van der Waals surface area contributed by atoms with E-state index in [1.54, 1.807) is 4.57 Å². The zero-order valence-corrected chi connectivity index (χ0v) is 16.7. The number of carbonyl (C=O) groups is 2. The van der Waals surface area contributed by atoms with Crippen molar-refractivity contribution in [3.8, 4) is 0 Å². The van der Waals surface area contributed by atoms with Gasteiger partial charge in [0.2, 0.25) is 0 Å². The van der Waals surface area contributed by atoms with E-state index in [9.17, 15) is 9.59 Å². The minimum atomic E-state index is -0.376. The minimum Gasteiger partial charge on any atom is -0.468 e. The smallest absolute Gasteiger partial charge is 0.325 e. The van der Waals surface area contributed by atoms with E-state index < -0.39 is 0 Å². The van der Waals surface area contributed by atoms with Crippen molar-refractivity contribution in [2.75, 3.05) is 7.11 Å². The normalized spacial score (nSPS) is 11.8. The van der Waals surface area contributed by atoms with E-state index in [1.807, 2.05) is 51.1 Å². The average molecular weight is 382 g/mol. The molecule has 1 aromatic heterocycles. The highest BCUT2D eigenvalue weighted by Crippen LogP contribution is 2.19. The second-order valence-corrected chi connectivity index (χ2v) is 7.64. The van der Waals surface area contributed by atoms with Crippen LogP contribution in [0.25, 0.3) is 10.2 Å². The minimum absolute atomic E-state index is 0.0230. The number of thiazole rings is 1. The summed E-state index contributed by atoms with van der Waals surface area (Å²) in [6.45, 7) is 6.05. The predicted octanol–water partition coefficient (Wildman–Crippen LogP) is 3.47. The van der Waals surface area contributed by atoms with Crippen molar-refractivity contribution in [3.05, 3.63) is 63.5 Å². The molecule has 0 spiro atoms. The van der Waals surface area contributed by atoms with E-state index in [0.717, 1.165) is 32.5 Å². The summed E-state index contributed by atoms with van der Waals surface area (Å²) >= 11 is 1.40. The van der Waals surface area contributed by atoms with Gasteiger partial charge in [-0.1, -0.05) is 41.2 Å². The second-order valence-electron chi connectivity index (χ2n) is 6.63. The SMILES string of the molecule is COC(=O)Cn1c(=NC(=O)Cc2ccc(C)cc2C)sc2cc(C)ccc21. The number of methoxy groups -OCH3 is 1. The Morgan fingerprint density at radius 3 is 2.48 bits per heavy atom. The number of amides is 1. The molecule has 0 aliphatic heterocycles. The number of esters is 1. The van der Waals surface area contributed by atoms with Crippen molar-refractivity contribution in [1.82, 2.24) is 4.57 Å². The third-order valence-electron chi connectivity index (χ3n) is 4.41. The van der Waals surface area contributed by atoms with Gasteiger partial charge in [0.05, 0.1) is 23.7 Å². The van der Waals surface area contributed by atoms with Crippen molar-refractivity contribution in [3.63, 3.8) is 0 Å². The number of carbonyl (C=O) groups excluding carboxylic acids is 2. The van der Waals surface area contributed by atoms with Crippen LogP contribution >= 0.6 is 11.3 Å². The van der Waals surface area contributed by atoms with Crippen molar-refractivity contribution in [2.24, 2.45) is 4.99 Å². The molecule has 0 atom stereocenters. The van der Waals surface area contributed by atoms with Crippen molar-refractivity contribution in [1.29, 1.82) is 0 Å². The molecule has 5 nitrogen and oxygen atoms in total. The number of fused-ring (bicyclic) bond motifs is 1. The molecule has 0 radical (unpaired) electrons. The van der Waals surface area contributed by atoms with Crippen LogP contribution in [0.4, 0.5) is 0 Å². The lowest BCUT2D eigenvalue weighted by Crippen LogP contribution is -2.22. The molecule has 0 aliphatic rings. The summed E-state index contributed by atoms with van der Waals surface area (Å²) in [6.07, 6.45) is 0.234. The predicted molar refractivity (Wildman–Crippen MR) is 107 cm³/mol. The van der Waals surface area contributed by atoms with Crippen LogP contribution in [0, 0.1) is 20.8 Å². The quantitative estimate of drug-likeness (QED) is 0.649. The van der Waals surface area contributed by atoms with Crippen LogP contribution < -0.4 is 4.80 Å². The fourth-order valence-electron chi connectivity index (χ4n) is 2.97. The molecular formula is C21H22N2O3S. The molecule has 0 saturated carbocycles. The van der Waals surface area contributed by atoms with Gasteiger partial charge in [-0.25, -0.2) is 0 Å². The molecule has 3 aromatic rings. The fraction of sp³-hybridized carbons (Fsp3) is 0.286. The summed E-state index contributed by atoms with van der Waals surface area (Å²) in [7, 11) is 1.35. The topological polar surface area (TPSA) is 60.7 Å². The number of nitrogens with zero attached hydrogens (tertiary/aromatic N) is 2. The van der Waals surface area contributed by atoms with Crippen LogP contribution in [0.3, 0.4) is 0 Å². The summed E-state index contributed by atoms with van der Waals surface area (Å²) in [6, 6.07) is 12.0. The molecule has 3 rings (SSSR count). The average Bonchev–Trinajstić information content (AvgIpc) is 2.93. The van der Waals surface area contributed by atoms with E-state index in [4.69, 9.17) is 4.74 Å². The Balaban J connectivity index is 2.01. The number of aryl methyl sites for hydroxylation is 3. The van der Waals surface area contributed by atoms with Gasteiger partial charge < -0.3 is 9.30 Å². The molecule has 2 aromatic carbocycles. The van der Waals surface area contributed by atoms with Crippen LogP contribution in [0.1, 0.15) is 22.3 Å². The zero-order chi connectivity index (χ0) is 19.6. The van der Waals surface area contributed by atoms with Gasteiger partial charge in [0.25, 0.3) is 5.91 Å². The lowest BCUT2D eigenvalue weighted by atomic mass is 10.0. The first-order valence-corrected chi connectivity index (χ1v) is 9.49. The van der Waals surface area contributed by atoms with Crippen LogP contribution in [0.2, 0.25) is 0 Å². The van der Waals surface area contributed by atoms with Gasteiger partial charge in [-0.2, -0.15) is 4.99 Å². The number of rotatable bonds is 4. The number of benzene rings is 2. The maximum Gasteiger partial charge on any atom is 0.325 e. The molecule has 0 saturated heterocycles. The van der Waals surface area contributed by atoms with E-state index in [0.29, 0.717) is 4.80 Å². The van der Waals surface area contributed by atoms with Crippen LogP contribution in [-0.2, 0) is 27.3 Å². The summed E-state index contributed by atoms with van der Waals surface area (Å²) in [5.41, 5.74) is 5.19. The van der Waals surface area contributed by atoms with Gasteiger partial charge in [0.1, 0.15) is 6.54 Å². The third-order valence-corrected chi connectivity index (χ3v) is 5.45. The Bertz CT molecular complexity index is 1090. The molecule has 0 aliphatic carbocycles. The van der Waals surface area contributed by atoms with Gasteiger partial charge in [0, 0.05) is 0 Å². The number of aromatic nitrogens is 1. The zero-order valence-electron chi connectivity index (χ0n) is 15.9. The van der Waals surface area contributed by atoms with Gasteiger partial charge in [0.15, 0.2) is 4.80 Å². The molecule has 140 valence electrons. The summed E-state index contributed by atoms with van der Waals surface area (Å²) in [5, 5.41) is 0. The molecular weight excluding hydrogens is 360 g/mol. The molecule has 0 unspecified atom stereocenters. The maximum absolute atomic E-state index is 12.6. The largest absolute Gasteiger partial charge is 0.468 e. The van der Waals surface area contributed by atoms with Gasteiger partial charge in [-0.3, -0.25) is 9.59 Å². The van der Waals surface area contributed by atoms with Gasteiger partial charge in [-0.15, -0.1) is 0 Å². The Labute approximate surface area is 161 Å². The number of ether oxygens (including phenoxy) is 1. The number of hydrogen-bond acceptors (Lipinski definition) is 4. The highest BCUT2D eigenvalue weighted by Gasteiger charge is 2.12. The molecule has 0 bridgehead atoms. The molecule has 0 fully saturated rings. The highest BCUT2D eigenvalue weighted by molar-refractivity contribution is 7.16. The first kappa shape index (κ1) is 19.0. The Hall–Kier alpha value is -2.73. The lowest BCUT2D eigenvalue weighted by molar-refractivity contribution is -0.141. The van der Waals surface area contributed by atoms with E-state index in [2.05, 4.69) is 11.1 Å². The van der Waals surface area contributed by atoms with Gasteiger partial charge in [-0.05, 0) is 49.6 Å². The monoisotopic (exact) mass is 382 g/mol. The standard InChI is InChI=1S/C21H22N2O3S/c1-13-5-7-16(15(3)9-13)11-19(24)22-21-23(12-20(25)26-4)17-8-6-14(2)10-18(17)27-21/h5-10H,11-12H2,1-4H3. The van der Waals surface area contributed by atoms with Crippen LogP contribution in [0.5, 0.6) is 0 Å².